The zero-order chi connectivity index (χ0) is 10.7. The Morgan fingerprint density at radius 1 is 1.53 bits per heavy atom. The van der Waals surface area contributed by atoms with Crippen molar-refractivity contribution in [1.82, 2.24) is 0 Å². The van der Waals surface area contributed by atoms with E-state index in [1.165, 1.54) is 22.6 Å². The molecule has 1 aliphatic rings. The highest BCUT2D eigenvalue weighted by atomic mass is 35.5. The van der Waals surface area contributed by atoms with Gasteiger partial charge in [0.05, 0.1) is 0 Å². The SMILES string of the molecule is CC(CCl)SCC1Cc2ccccc2S1. The van der Waals surface area contributed by atoms with Gasteiger partial charge in [0, 0.05) is 27.0 Å². The average molecular weight is 259 g/mol. The van der Waals surface area contributed by atoms with Crippen LogP contribution in [0.2, 0.25) is 0 Å². The molecular formula is C12H15ClS2. The van der Waals surface area contributed by atoms with Crippen molar-refractivity contribution in [1.29, 1.82) is 0 Å². The number of fused-ring (bicyclic) bond motifs is 1. The molecule has 1 aromatic rings. The quantitative estimate of drug-likeness (QED) is 0.747. The van der Waals surface area contributed by atoms with Crippen molar-refractivity contribution >= 4 is 35.1 Å². The van der Waals surface area contributed by atoms with Crippen LogP contribution in [-0.4, -0.2) is 22.1 Å². The summed E-state index contributed by atoms with van der Waals surface area (Å²) in [5.41, 5.74) is 1.52. The van der Waals surface area contributed by atoms with E-state index >= 15 is 0 Å². The summed E-state index contributed by atoms with van der Waals surface area (Å²) in [7, 11) is 0. The summed E-state index contributed by atoms with van der Waals surface area (Å²) in [6.45, 7) is 2.20. The zero-order valence-electron chi connectivity index (χ0n) is 8.78. The second kappa shape index (κ2) is 5.51. The van der Waals surface area contributed by atoms with Gasteiger partial charge in [0.25, 0.3) is 0 Å². The van der Waals surface area contributed by atoms with Gasteiger partial charge in [-0.2, -0.15) is 11.8 Å². The van der Waals surface area contributed by atoms with E-state index in [1.807, 2.05) is 23.5 Å². The van der Waals surface area contributed by atoms with Crippen molar-refractivity contribution in [3.63, 3.8) is 0 Å². The third-order valence-electron chi connectivity index (χ3n) is 2.50. The third kappa shape index (κ3) is 3.08. The number of halogens is 1. The molecule has 0 amide bonds. The number of rotatable bonds is 4. The molecule has 0 aliphatic carbocycles. The van der Waals surface area contributed by atoms with Crippen molar-refractivity contribution in [3.8, 4) is 0 Å². The minimum Gasteiger partial charge on any atom is -0.156 e. The first-order valence-corrected chi connectivity index (χ1v) is 7.68. The van der Waals surface area contributed by atoms with Crippen LogP contribution in [0.5, 0.6) is 0 Å². The number of hydrogen-bond donors (Lipinski definition) is 0. The fourth-order valence-electron chi connectivity index (χ4n) is 1.66. The summed E-state index contributed by atoms with van der Waals surface area (Å²) in [5, 5.41) is 1.33. The first-order chi connectivity index (χ1) is 7.29. The summed E-state index contributed by atoms with van der Waals surface area (Å²) in [6.07, 6.45) is 1.23. The Bertz CT molecular complexity index is 302. The van der Waals surface area contributed by atoms with Gasteiger partial charge < -0.3 is 0 Å². The fraction of sp³-hybridized carbons (Fsp3) is 0.500. The molecule has 0 spiro atoms. The van der Waals surface area contributed by atoms with E-state index in [1.54, 1.807) is 0 Å². The lowest BCUT2D eigenvalue weighted by molar-refractivity contribution is 0.964. The molecule has 0 nitrogen and oxygen atoms in total. The second-order valence-electron chi connectivity index (χ2n) is 3.85. The van der Waals surface area contributed by atoms with Gasteiger partial charge in [-0.3, -0.25) is 0 Å². The van der Waals surface area contributed by atoms with Gasteiger partial charge in [-0.05, 0) is 18.1 Å². The first kappa shape index (κ1) is 11.7. The minimum absolute atomic E-state index is 0.580. The number of benzene rings is 1. The lowest BCUT2D eigenvalue weighted by Crippen LogP contribution is -2.08. The maximum atomic E-state index is 5.80. The topological polar surface area (TPSA) is 0 Å². The number of thioether (sulfide) groups is 2. The Kier molecular flexibility index (Phi) is 4.30. The second-order valence-corrected chi connectivity index (χ2v) is 6.97. The van der Waals surface area contributed by atoms with Gasteiger partial charge in [0.2, 0.25) is 0 Å². The molecule has 0 bridgehead atoms. The molecule has 2 rings (SSSR count). The molecule has 0 saturated heterocycles. The molecule has 0 N–H and O–H groups in total. The van der Waals surface area contributed by atoms with Crippen LogP contribution in [0.15, 0.2) is 29.2 Å². The van der Waals surface area contributed by atoms with Crippen LogP contribution >= 0.6 is 35.1 Å². The molecule has 0 fully saturated rings. The molecule has 0 radical (unpaired) electrons. The Morgan fingerprint density at radius 3 is 3.07 bits per heavy atom. The highest BCUT2D eigenvalue weighted by Gasteiger charge is 2.21. The van der Waals surface area contributed by atoms with E-state index in [0.29, 0.717) is 5.25 Å². The summed E-state index contributed by atoms with van der Waals surface area (Å²) in [5.74, 6) is 1.97. The monoisotopic (exact) mass is 258 g/mol. The van der Waals surface area contributed by atoms with Crippen molar-refractivity contribution in [3.05, 3.63) is 29.8 Å². The van der Waals surface area contributed by atoms with E-state index in [-0.39, 0.29) is 0 Å². The van der Waals surface area contributed by atoms with Crippen LogP contribution < -0.4 is 0 Å². The van der Waals surface area contributed by atoms with E-state index in [0.717, 1.165) is 11.1 Å². The van der Waals surface area contributed by atoms with E-state index in [2.05, 4.69) is 31.2 Å². The first-order valence-electron chi connectivity index (χ1n) is 5.21. The van der Waals surface area contributed by atoms with Crippen LogP contribution in [0.1, 0.15) is 12.5 Å². The number of hydrogen-bond acceptors (Lipinski definition) is 2. The Balaban J connectivity index is 1.85. The lowest BCUT2D eigenvalue weighted by atomic mass is 10.1. The molecule has 15 heavy (non-hydrogen) atoms. The minimum atomic E-state index is 0.580. The summed E-state index contributed by atoms with van der Waals surface area (Å²) < 4.78 is 0. The van der Waals surface area contributed by atoms with Gasteiger partial charge in [-0.25, -0.2) is 0 Å². The molecule has 2 unspecified atom stereocenters. The molecule has 0 saturated carbocycles. The fourth-order valence-corrected chi connectivity index (χ4v) is 4.27. The van der Waals surface area contributed by atoms with Crippen LogP contribution in [0.25, 0.3) is 0 Å². The summed E-state index contributed by atoms with van der Waals surface area (Å²) >= 11 is 9.82. The highest BCUT2D eigenvalue weighted by Crippen LogP contribution is 2.38. The zero-order valence-corrected chi connectivity index (χ0v) is 11.2. The smallest absolute Gasteiger partial charge is 0.0339 e. The highest BCUT2D eigenvalue weighted by molar-refractivity contribution is 8.03. The maximum absolute atomic E-state index is 5.80. The van der Waals surface area contributed by atoms with Crippen LogP contribution in [-0.2, 0) is 6.42 Å². The predicted octanol–water partition coefficient (Wildman–Crippen LogP) is 4.06. The standard InChI is InChI=1S/C12H15ClS2/c1-9(7-13)14-8-11-6-10-4-2-3-5-12(10)15-11/h2-5,9,11H,6-8H2,1H3. The van der Waals surface area contributed by atoms with Gasteiger partial charge in [0.15, 0.2) is 0 Å². The molecule has 82 valence electrons. The van der Waals surface area contributed by atoms with Crippen LogP contribution in [0, 0.1) is 0 Å². The molecule has 2 atom stereocenters. The largest absolute Gasteiger partial charge is 0.156 e. The van der Waals surface area contributed by atoms with E-state index in [9.17, 15) is 0 Å². The van der Waals surface area contributed by atoms with Crippen molar-refractivity contribution < 1.29 is 0 Å². The Labute approximate surface area is 105 Å². The van der Waals surface area contributed by atoms with E-state index in [4.69, 9.17) is 11.6 Å². The maximum Gasteiger partial charge on any atom is 0.0339 e. The third-order valence-corrected chi connectivity index (χ3v) is 6.00. The summed E-state index contributed by atoms with van der Waals surface area (Å²) in [6, 6.07) is 8.74. The Hall–Kier alpha value is 0.210. The van der Waals surface area contributed by atoms with Gasteiger partial charge in [-0.15, -0.1) is 23.4 Å². The van der Waals surface area contributed by atoms with Gasteiger partial charge in [0.1, 0.15) is 0 Å². The van der Waals surface area contributed by atoms with Gasteiger partial charge >= 0.3 is 0 Å². The lowest BCUT2D eigenvalue weighted by Gasteiger charge is -2.11. The normalized spacial score (nSPS) is 21.3. The van der Waals surface area contributed by atoms with Crippen molar-refractivity contribution in [2.75, 3.05) is 11.6 Å². The molecule has 1 heterocycles. The van der Waals surface area contributed by atoms with Gasteiger partial charge in [-0.1, -0.05) is 25.1 Å². The Morgan fingerprint density at radius 2 is 2.33 bits per heavy atom. The molecule has 1 aromatic carbocycles. The van der Waals surface area contributed by atoms with E-state index < -0.39 is 0 Å². The van der Waals surface area contributed by atoms with Crippen LogP contribution in [0.4, 0.5) is 0 Å². The average Bonchev–Trinajstić information content (AvgIpc) is 2.68. The number of alkyl halides is 1. The molecular weight excluding hydrogens is 244 g/mol. The van der Waals surface area contributed by atoms with Crippen molar-refractivity contribution in [2.24, 2.45) is 0 Å². The van der Waals surface area contributed by atoms with Crippen molar-refractivity contribution in [2.45, 2.75) is 28.7 Å². The van der Waals surface area contributed by atoms with Crippen LogP contribution in [0.3, 0.4) is 0 Å². The molecule has 0 aromatic heterocycles. The molecule has 1 aliphatic heterocycles. The summed E-state index contributed by atoms with van der Waals surface area (Å²) in [4.78, 5) is 1.47. The predicted molar refractivity (Wildman–Crippen MR) is 72.4 cm³/mol. The molecule has 3 heteroatoms.